The molecule has 2 saturated heterocycles. The fraction of sp³-hybridized carbons (Fsp3) is 0.800. The molecule has 13 nitrogen and oxygen atoms in total. The number of rotatable bonds is 15. The number of nitrogens with one attached hydrogen (secondary N) is 2. The number of nitrogens with two attached hydrogens (primary N) is 3. The molecule has 0 unspecified atom stereocenters. The number of unbranched alkanes of at least 4 members (excludes halogenated alkanes) is 2. The maximum absolute atomic E-state index is 13.3. The maximum Gasteiger partial charge on any atom is 0.326 e. The van der Waals surface area contributed by atoms with Crippen molar-refractivity contribution in [1.29, 1.82) is 0 Å². The summed E-state index contributed by atoms with van der Waals surface area (Å²) in [6, 6.07) is -4.24. The zero-order chi connectivity index (χ0) is 28.2. The first-order valence-corrected chi connectivity index (χ1v) is 13.7. The molecule has 5 atom stereocenters. The third-order valence-electron chi connectivity index (χ3n) is 7.26. The molecule has 2 aliphatic rings. The van der Waals surface area contributed by atoms with Crippen molar-refractivity contribution in [3.63, 3.8) is 0 Å². The number of nitrogens with zero attached hydrogens (tertiary/aromatic N) is 2. The van der Waals surface area contributed by atoms with Gasteiger partial charge in [-0.2, -0.15) is 0 Å². The van der Waals surface area contributed by atoms with E-state index in [9.17, 15) is 29.1 Å². The average molecular weight is 540 g/mol. The first-order chi connectivity index (χ1) is 18.1. The van der Waals surface area contributed by atoms with Crippen LogP contribution in [0.5, 0.6) is 0 Å². The zero-order valence-electron chi connectivity index (χ0n) is 22.4. The molecule has 0 aliphatic carbocycles. The van der Waals surface area contributed by atoms with Gasteiger partial charge in [-0.1, -0.05) is 6.42 Å². The lowest BCUT2D eigenvalue weighted by Gasteiger charge is -2.31. The van der Waals surface area contributed by atoms with Gasteiger partial charge in [-0.25, -0.2) is 4.79 Å². The van der Waals surface area contributed by atoms with Crippen LogP contribution in [-0.4, -0.2) is 101 Å². The Labute approximate surface area is 224 Å². The van der Waals surface area contributed by atoms with Crippen LogP contribution in [0.15, 0.2) is 0 Å². The van der Waals surface area contributed by atoms with Crippen molar-refractivity contribution in [2.75, 3.05) is 26.2 Å². The summed E-state index contributed by atoms with van der Waals surface area (Å²) in [5, 5.41) is 14.9. The molecule has 2 aliphatic heterocycles. The fourth-order valence-corrected chi connectivity index (χ4v) is 5.08. The van der Waals surface area contributed by atoms with Gasteiger partial charge in [0.05, 0.1) is 6.04 Å². The molecule has 216 valence electrons. The Balaban J connectivity index is 2.04. The van der Waals surface area contributed by atoms with E-state index in [-0.39, 0.29) is 0 Å². The molecule has 0 spiro atoms. The van der Waals surface area contributed by atoms with Crippen LogP contribution in [0.25, 0.3) is 0 Å². The molecular formula is C25H45N7O6. The van der Waals surface area contributed by atoms with Gasteiger partial charge in [-0.05, 0) is 77.8 Å². The normalized spacial score (nSPS) is 21.6. The third kappa shape index (κ3) is 8.63. The van der Waals surface area contributed by atoms with E-state index in [1.54, 1.807) is 6.92 Å². The molecular weight excluding hydrogens is 494 g/mol. The van der Waals surface area contributed by atoms with Crippen LogP contribution in [0.2, 0.25) is 0 Å². The molecule has 0 radical (unpaired) electrons. The highest BCUT2D eigenvalue weighted by molar-refractivity contribution is 5.95. The summed E-state index contributed by atoms with van der Waals surface area (Å²) in [6.07, 6.45) is 5.44. The predicted octanol–water partition coefficient (Wildman–Crippen LogP) is -1.37. The summed E-state index contributed by atoms with van der Waals surface area (Å²) >= 11 is 0. The van der Waals surface area contributed by atoms with Gasteiger partial charge in [-0.3, -0.25) is 19.2 Å². The van der Waals surface area contributed by atoms with Gasteiger partial charge in [0.15, 0.2) is 0 Å². The monoisotopic (exact) mass is 539 g/mol. The standard InChI is InChI=1S/C25H45N7O6/c1-16(29-21(33)17(28)8-2-4-12-26)23(35)31-14-6-10-19(31)22(34)30-18(9-3-5-13-27)24(36)32-15-7-11-20(32)25(37)38/h16-20H,2-15,26-28H2,1H3,(H,29,33)(H,30,34)(H,37,38)/t16-,17-,18-,19-,20-/m0/s1. The van der Waals surface area contributed by atoms with Crippen molar-refractivity contribution in [3.8, 4) is 0 Å². The number of amides is 4. The van der Waals surface area contributed by atoms with Gasteiger partial charge < -0.3 is 42.7 Å². The minimum Gasteiger partial charge on any atom is -0.480 e. The van der Waals surface area contributed by atoms with Crippen molar-refractivity contribution >= 4 is 29.6 Å². The summed E-state index contributed by atoms with van der Waals surface area (Å²) in [5.74, 6) is -2.80. The van der Waals surface area contributed by atoms with Crippen molar-refractivity contribution in [2.45, 2.75) is 101 Å². The van der Waals surface area contributed by atoms with E-state index in [0.29, 0.717) is 84.0 Å². The van der Waals surface area contributed by atoms with Crippen LogP contribution in [0.3, 0.4) is 0 Å². The number of carboxylic acid groups (broad SMARTS) is 1. The van der Waals surface area contributed by atoms with Crippen molar-refractivity contribution in [3.05, 3.63) is 0 Å². The number of carboxylic acids is 1. The van der Waals surface area contributed by atoms with E-state index in [1.807, 2.05) is 0 Å². The Morgan fingerprint density at radius 2 is 1.39 bits per heavy atom. The highest BCUT2D eigenvalue weighted by Gasteiger charge is 2.40. The molecule has 13 heteroatoms. The minimum absolute atomic E-state index is 0.318. The number of hydrogen-bond acceptors (Lipinski definition) is 8. The molecule has 0 aromatic rings. The number of carbonyl (C=O) groups excluding carboxylic acids is 4. The van der Waals surface area contributed by atoms with Crippen LogP contribution < -0.4 is 27.8 Å². The molecule has 0 aromatic carbocycles. The maximum atomic E-state index is 13.3. The van der Waals surface area contributed by atoms with Gasteiger partial charge >= 0.3 is 5.97 Å². The van der Waals surface area contributed by atoms with E-state index in [2.05, 4.69) is 10.6 Å². The molecule has 9 N–H and O–H groups in total. The average Bonchev–Trinajstić information content (AvgIpc) is 3.57. The van der Waals surface area contributed by atoms with E-state index >= 15 is 0 Å². The first-order valence-electron chi connectivity index (χ1n) is 13.7. The molecule has 4 amide bonds. The Morgan fingerprint density at radius 1 is 0.842 bits per heavy atom. The Morgan fingerprint density at radius 3 is 1.97 bits per heavy atom. The van der Waals surface area contributed by atoms with E-state index in [0.717, 1.165) is 6.42 Å². The first kappa shape index (κ1) is 31.4. The number of carbonyl (C=O) groups is 5. The van der Waals surface area contributed by atoms with Crippen molar-refractivity contribution < 1.29 is 29.1 Å². The highest BCUT2D eigenvalue weighted by atomic mass is 16.4. The summed E-state index contributed by atoms with van der Waals surface area (Å²) < 4.78 is 0. The summed E-state index contributed by atoms with van der Waals surface area (Å²) in [6.45, 7) is 3.16. The van der Waals surface area contributed by atoms with Gasteiger partial charge in [-0.15, -0.1) is 0 Å². The third-order valence-corrected chi connectivity index (χ3v) is 7.26. The Bertz CT molecular complexity index is 841. The molecule has 2 heterocycles. The van der Waals surface area contributed by atoms with E-state index < -0.39 is 59.8 Å². The Hall–Kier alpha value is -2.77. The van der Waals surface area contributed by atoms with Crippen LogP contribution in [0.1, 0.15) is 71.1 Å². The summed E-state index contributed by atoms with van der Waals surface area (Å²) in [7, 11) is 0. The van der Waals surface area contributed by atoms with Crippen molar-refractivity contribution in [1.82, 2.24) is 20.4 Å². The number of aliphatic carboxylic acids is 1. The van der Waals surface area contributed by atoms with Crippen molar-refractivity contribution in [2.24, 2.45) is 17.2 Å². The quantitative estimate of drug-likeness (QED) is 0.135. The van der Waals surface area contributed by atoms with Crippen LogP contribution in [0.4, 0.5) is 0 Å². The SMILES string of the molecule is C[C@H](NC(=O)[C@@H](N)CCCCN)C(=O)N1CCC[C@H]1C(=O)N[C@@H](CCCCN)C(=O)N1CCC[C@H]1C(=O)O. The summed E-state index contributed by atoms with van der Waals surface area (Å²) in [5.41, 5.74) is 17.0. The van der Waals surface area contributed by atoms with E-state index in [4.69, 9.17) is 17.2 Å². The van der Waals surface area contributed by atoms with Gasteiger partial charge in [0.1, 0.15) is 24.2 Å². The second-order valence-corrected chi connectivity index (χ2v) is 10.2. The second-order valence-electron chi connectivity index (χ2n) is 10.2. The topological polar surface area (TPSA) is 214 Å². The second kappa shape index (κ2) is 15.6. The number of hydrogen-bond donors (Lipinski definition) is 6. The zero-order valence-corrected chi connectivity index (χ0v) is 22.4. The Kier molecular flexibility index (Phi) is 12.9. The lowest BCUT2D eigenvalue weighted by Crippen LogP contribution is -2.57. The van der Waals surface area contributed by atoms with Gasteiger partial charge in [0.2, 0.25) is 23.6 Å². The molecule has 0 saturated carbocycles. The van der Waals surface area contributed by atoms with Gasteiger partial charge in [0.25, 0.3) is 0 Å². The number of likely N-dealkylation sites (tertiary alicyclic amines) is 2. The minimum atomic E-state index is -1.06. The lowest BCUT2D eigenvalue weighted by molar-refractivity contribution is -0.150. The highest BCUT2D eigenvalue weighted by Crippen LogP contribution is 2.22. The fourth-order valence-electron chi connectivity index (χ4n) is 5.08. The molecule has 38 heavy (non-hydrogen) atoms. The van der Waals surface area contributed by atoms with E-state index in [1.165, 1.54) is 9.80 Å². The summed E-state index contributed by atoms with van der Waals surface area (Å²) in [4.78, 5) is 66.5. The van der Waals surface area contributed by atoms with Crippen LogP contribution in [0, 0.1) is 0 Å². The smallest absolute Gasteiger partial charge is 0.326 e. The van der Waals surface area contributed by atoms with Gasteiger partial charge in [0, 0.05) is 13.1 Å². The molecule has 0 bridgehead atoms. The largest absolute Gasteiger partial charge is 0.480 e. The van der Waals surface area contributed by atoms with Crippen LogP contribution in [-0.2, 0) is 24.0 Å². The molecule has 2 rings (SSSR count). The molecule has 0 aromatic heterocycles. The predicted molar refractivity (Wildman–Crippen MR) is 140 cm³/mol. The lowest BCUT2D eigenvalue weighted by atomic mass is 10.1. The van der Waals surface area contributed by atoms with Crippen LogP contribution >= 0.6 is 0 Å². The molecule has 2 fully saturated rings.